The predicted molar refractivity (Wildman–Crippen MR) is 153 cm³/mol. The molecule has 10 heteroatoms. The normalized spacial score (nSPS) is 13.9. The van der Waals surface area contributed by atoms with Crippen LogP contribution in [0.15, 0.2) is 64.0 Å². The minimum Gasteiger partial charge on any atom is -0.493 e. The summed E-state index contributed by atoms with van der Waals surface area (Å²) in [5, 5.41) is 11.2. The van der Waals surface area contributed by atoms with Crippen molar-refractivity contribution in [3.05, 3.63) is 91.8 Å². The minimum absolute atomic E-state index is 0.194. The number of benzene rings is 3. The maximum absolute atomic E-state index is 13.0. The molecule has 0 unspecified atom stereocenters. The highest BCUT2D eigenvalue weighted by Gasteiger charge is 2.36. The van der Waals surface area contributed by atoms with Crippen LogP contribution in [-0.2, 0) is 16.2 Å². The van der Waals surface area contributed by atoms with E-state index in [0.29, 0.717) is 32.8 Å². The Morgan fingerprint density at radius 3 is 2.59 bits per heavy atom. The first-order valence-corrected chi connectivity index (χ1v) is 13.4. The zero-order chi connectivity index (χ0) is 28.1. The number of nitrogens with zero attached hydrogens (tertiary/aromatic N) is 2. The maximum Gasteiger partial charge on any atom is 0.294 e. The monoisotopic (exact) mass is 605 g/mol. The van der Waals surface area contributed by atoms with Crippen molar-refractivity contribution in [2.75, 3.05) is 19.0 Å². The summed E-state index contributed by atoms with van der Waals surface area (Å²) in [6, 6.07) is 18.1. The molecule has 0 saturated carbocycles. The number of amides is 3. The van der Waals surface area contributed by atoms with E-state index in [1.165, 1.54) is 7.11 Å². The molecule has 1 heterocycles. The van der Waals surface area contributed by atoms with Crippen LogP contribution in [0.4, 0.5) is 10.5 Å². The van der Waals surface area contributed by atoms with E-state index in [1.54, 1.807) is 36.4 Å². The number of ether oxygens (including phenoxy) is 2. The Morgan fingerprint density at radius 1 is 1.15 bits per heavy atom. The minimum atomic E-state index is -0.544. The summed E-state index contributed by atoms with van der Waals surface area (Å²) in [6.07, 6.45) is 1.57. The van der Waals surface area contributed by atoms with Crippen LogP contribution in [-0.4, -0.2) is 35.6 Å². The lowest BCUT2D eigenvalue weighted by Crippen LogP contribution is -2.36. The molecule has 39 heavy (non-hydrogen) atoms. The second-order valence-corrected chi connectivity index (χ2v) is 10.5. The first-order valence-electron chi connectivity index (χ1n) is 11.8. The summed E-state index contributed by atoms with van der Waals surface area (Å²) in [5.41, 5.74) is 4.63. The number of nitrogens with one attached hydrogen (secondary N) is 1. The number of thioether (sulfide) groups is 1. The lowest BCUT2D eigenvalue weighted by Gasteiger charge is -2.14. The Labute approximate surface area is 238 Å². The Morgan fingerprint density at radius 2 is 1.90 bits per heavy atom. The molecule has 8 nitrogen and oxygen atoms in total. The molecule has 0 bridgehead atoms. The van der Waals surface area contributed by atoms with Crippen LogP contribution >= 0.6 is 27.7 Å². The number of methoxy groups -OCH3 is 1. The molecule has 4 rings (SSSR count). The molecule has 0 aromatic heterocycles. The number of aryl methyl sites for hydroxylation is 1. The zero-order valence-corrected chi connectivity index (χ0v) is 23.8. The van der Waals surface area contributed by atoms with Crippen molar-refractivity contribution in [2.45, 2.75) is 20.5 Å². The lowest BCUT2D eigenvalue weighted by atomic mass is 10.1. The number of carbonyl (C=O) groups is 3. The van der Waals surface area contributed by atoms with Gasteiger partial charge in [0, 0.05) is 5.69 Å². The summed E-state index contributed by atoms with van der Waals surface area (Å²) in [7, 11) is 1.50. The number of carbonyl (C=O) groups excluding carboxylic acids is 3. The Bertz CT molecular complexity index is 1530. The van der Waals surface area contributed by atoms with Gasteiger partial charge in [-0.05, 0) is 100 Å². The van der Waals surface area contributed by atoms with E-state index in [9.17, 15) is 14.4 Å². The molecule has 1 N–H and O–H groups in total. The summed E-state index contributed by atoms with van der Waals surface area (Å²) < 4.78 is 12.0. The molecule has 0 atom stereocenters. The fourth-order valence-electron chi connectivity index (χ4n) is 3.80. The molecule has 1 saturated heterocycles. The molecule has 198 valence electrons. The van der Waals surface area contributed by atoms with Gasteiger partial charge in [-0.1, -0.05) is 24.3 Å². The first kappa shape index (κ1) is 28.0. The Kier molecular flexibility index (Phi) is 8.74. The molecule has 3 aromatic carbocycles. The van der Waals surface area contributed by atoms with Crippen molar-refractivity contribution in [1.29, 1.82) is 5.26 Å². The Balaban J connectivity index is 1.47. The third-order valence-electron chi connectivity index (χ3n) is 6.07. The van der Waals surface area contributed by atoms with E-state index in [0.717, 1.165) is 33.4 Å². The van der Waals surface area contributed by atoms with E-state index in [4.69, 9.17) is 14.7 Å². The van der Waals surface area contributed by atoms with Crippen molar-refractivity contribution in [3.8, 4) is 17.6 Å². The molecule has 3 aromatic rings. The third-order valence-corrected chi connectivity index (χ3v) is 7.57. The van der Waals surface area contributed by atoms with Crippen LogP contribution in [0.1, 0.15) is 27.8 Å². The fraction of sp³-hybridized carbons (Fsp3) is 0.172. The van der Waals surface area contributed by atoms with E-state index in [-0.39, 0.29) is 18.1 Å². The second-order valence-electron chi connectivity index (χ2n) is 8.70. The third kappa shape index (κ3) is 6.50. The number of hydrogen-bond donors (Lipinski definition) is 1. The highest BCUT2D eigenvalue weighted by Crippen LogP contribution is 2.39. The molecular weight excluding hydrogens is 582 g/mol. The van der Waals surface area contributed by atoms with Crippen LogP contribution in [0.3, 0.4) is 0 Å². The van der Waals surface area contributed by atoms with Gasteiger partial charge >= 0.3 is 0 Å². The van der Waals surface area contributed by atoms with Crippen LogP contribution in [0.25, 0.3) is 6.08 Å². The smallest absolute Gasteiger partial charge is 0.294 e. The van der Waals surface area contributed by atoms with Gasteiger partial charge < -0.3 is 14.8 Å². The predicted octanol–water partition coefficient (Wildman–Crippen LogP) is 6.20. The number of anilines is 1. The topological polar surface area (TPSA) is 109 Å². The summed E-state index contributed by atoms with van der Waals surface area (Å²) in [6.45, 7) is 3.70. The molecule has 3 amide bonds. The highest BCUT2D eigenvalue weighted by atomic mass is 79.9. The van der Waals surface area contributed by atoms with Crippen molar-refractivity contribution in [1.82, 2.24) is 4.90 Å². The van der Waals surface area contributed by atoms with Crippen LogP contribution in [0, 0.1) is 25.2 Å². The average molecular weight is 606 g/mol. The highest BCUT2D eigenvalue weighted by molar-refractivity contribution is 9.10. The number of hydrogen-bond acceptors (Lipinski definition) is 7. The maximum atomic E-state index is 13.0. The number of rotatable bonds is 8. The quantitative estimate of drug-likeness (QED) is 0.304. The van der Waals surface area contributed by atoms with E-state index in [2.05, 4.69) is 27.3 Å². The van der Waals surface area contributed by atoms with E-state index in [1.807, 2.05) is 38.1 Å². The molecule has 1 aliphatic rings. The molecule has 1 aliphatic heterocycles. The number of imide groups is 1. The Hall–Kier alpha value is -4.07. The number of halogens is 1. The van der Waals surface area contributed by atoms with Gasteiger partial charge in [-0.3, -0.25) is 19.3 Å². The van der Waals surface area contributed by atoms with Crippen molar-refractivity contribution >= 4 is 56.5 Å². The van der Waals surface area contributed by atoms with Crippen molar-refractivity contribution in [3.63, 3.8) is 0 Å². The van der Waals surface area contributed by atoms with Crippen LogP contribution in [0.5, 0.6) is 11.5 Å². The van der Waals surface area contributed by atoms with Gasteiger partial charge in [-0.15, -0.1) is 0 Å². The molecule has 0 radical (unpaired) electrons. The van der Waals surface area contributed by atoms with E-state index < -0.39 is 17.1 Å². The second kappa shape index (κ2) is 12.2. The fourth-order valence-corrected chi connectivity index (χ4v) is 5.21. The molecular formula is C29H24BrN3O5S. The summed E-state index contributed by atoms with van der Waals surface area (Å²) in [5.74, 6) is -0.107. The summed E-state index contributed by atoms with van der Waals surface area (Å²) >= 11 is 4.27. The lowest BCUT2D eigenvalue weighted by molar-refractivity contribution is -0.127. The van der Waals surface area contributed by atoms with Gasteiger partial charge in [0.15, 0.2) is 11.5 Å². The number of nitriles is 1. The first-order chi connectivity index (χ1) is 18.7. The van der Waals surface area contributed by atoms with E-state index >= 15 is 0 Å². The van der Waals surface area contributed by atoms with Crippen molar-refractivity contribution < 1.29 is 23.9 Å². The van der Waals surface area contributed by atoms with Crippen LogP contribution < -0.4 is 14.8 Å². The standard InChI is InChI=1S/C29H24BrN3O5S/c1-17-5-4-6-23(18(17)2)32-26(34)15-33-28(35)25(39-29(33)36)13-21-11-22(30)27(24(12-21)37-3)38-16-20-9-7-19(14-31)8-10-20/h4-13H,15-16H2,1-3H3,(H,32,34)/b25-13+. The SMILES string of the molecule is COc1cc(/C=C2/SC(=O)N(CC(=O)Nc3cccc(C)c3C)C2=O)cc(Br)c1OCc1ccc(C#N)cc1. The molecule has 0 spiro atoms. The summed E-state index contributed by atoms with van der Waals surface area (Å²) in [4.78, 5) is 39.3. The largest absolute Gasteiger partial charge is 0.493 e. The van der Waals surface area contributed by atoms with Gasteiger partial charge in [-0.2, -0.15) is 5.26 Å². The van der Waals surface area contributed by atoms with Gasteiger partial charge in [0.1, 0.15) is 13.2 Å². The van der Waals surface area contributed by atoms with Gasteiger partial charge in [0.05, 0.1) is 28.1 Å². The van der Waals surface area contributed by atoms with Gasteiger partial charge in [-0.25, -0.2) is 0 Å². The van der Waals surface area contributed by atoms with Gasteiger partial charge in [0.2, 0.25) is 5.91 Å². The van der Waals surface area contributed by atoms with Crippen LogP contribution in [0.2, 0.25) is 0 Å². The molecule has 0 aliphatic carbocycles. The van der Waals surface area contributed by atoms with Crippen molar-refractivity contribution in [2.24, 2.45) is 0 Å². The average Bonchev–Trinajstić information content (AvgIpc) is 3.17. The molecule has 1 fully saturated rings. The zero-order valence-electron chi connectivity index (χ0n) is 21.4. The van der Waals surface area contributed by atoms with Gasteiger partial charge in [0.25, 0.3) is 11.1 Å².